The van der Waals surface area contributed by atoms with Gasteiger partial charge in [-0.05, 0) is 37.6 Å². The van der Waals surface area contributed by atoms with Crippen molar-refractivity contribution in [3.8, 4) is 6.07 Å². The van der Waals surface area contributed by atoms with Crippen LogP contribution in [-0.4, -0.2) is 16.1 Å². The average Bonchev–Trinajstić information content (AvgIpc) is 2.38. The van der Waals surface area contributed by atoms with Gasteiger partial charge in [-0.1, -0.05) is 23.9 Å². The number of aryl methyl sites for hydroxylation is 2. The average molecular weight is 284 g/mol. The summed E-state index contributed by atoms with van der Waals surface area (Å²) in [6, 6.07) is 10.9. The van der Waals surface area contributed by atoms with Crippen molar-refractivity contribution >= 4 is 17.7 Å². The Morgan fingerprint density at radius 2 is 2.05 bits per heavy atom. The van der Waals surface area contributed by atoms with E-state index in [1.54, 1.807) is 31.2 Å². The number of aromatic carboxylic acids is 1. The van der Waals surface area contributed by atoms with Crippen LogP contribution in [0.1, 0.15) is 27.2 Å². The number of carboxylic acids is 1. The van der Waals surface area contributed by atoms with Crippen LogP contribution < -0.4 is 0 Å². The molecule has 1 heterocycles. The monoisotopic (exact) mass is 284 g/mol. The second-order valence-corrected chi connectivity index (χ2v) is 5.31. The maximum absolute atomic E-state index is 11.4. The minimum absolute atomic E-state index is 0.188. The molecule has 2 aromatic rings. The molecule has 0 spiro atoms. The third-order valence-electron chi connectivity index (χ3n) is 2.74. The van der Waals surface area contributed by atoms with Crippen LogP contribution in [0.25, 0.3) is 0 Å². The standard InChI is InChI=1S/C15H12N2O2S/c1-9-7-10(2)17-14(13(9)15(18)19)20-12-6-4-3-5-11(12)8-16/h3-7H,1-2H3,(H,18,19). The number of aromatic nitrogens is 1. The molecule has 5 heteroatoms. The molecule has 0 saturated heterocycles. The fourth-order valence-electron chi connectivity index (χ4n) is 1.89. The van der Waals surface area contributed by atoms with Crippen LogP contribution >= 0.6 is 11.8 Å². The Labute approximate surface area is 121 Å². The highest BCUT2D eigenvalue weighted by atomic mass is 32.2. The fraction of sp³-hybridized carbons (Fsp3) is 0.133. The van der Waals surface area contributed by atoms with Gasteiger partial charge < -0.3 is 5.11 Å². The number of carbonyl (C=O) groups is 1. The van der Waals surface area contributed by atoms with Gasteiger partial charge in [-0.25, -0.2) is 9.78 Å². The molecule has 20 heavy (non-hydrogen) atoms. The first-order valence-corrected chi connectivity index (χ1v) is 6.73. The summed E-state index contributed by atoms with van der Waals surface area (Å²) >= 11 is 1.21. The zero-order chi connectivity index (χ0) is 14.7. The van der Waals surface area contributed by atoms with Gasteiger partial charge in [-0.2, -0.15) is 5.26 Å². The van der Waals surface area contributed by atoms with Crippen LogP contribution in [0.5, 0.6) is 0 Å². The number of hydrogen-bond donors (Lipinski definition) is 1. The first kappa shape index (κ1) is 14.1. The van der Waals surface area contributed by atoms with E-state index in [-0.39, 0.29) is 5.56 Å². The Hall–Kier alpha value is -2.32. The van der Waals surface area contributed by atoms with E-state index in [0.717, 1.165) is 5.69 Å². The molecule has 0 aliphatic carbocycles. The smallest absolute Gasteiger partial charge is 0.338 e. The van der Waals surface area contributed by atoms with Crippen LogP contribution in [0, 0.1) is 25.2 Å². The Kier molecular flexibility index (Phi) is 4.06. The zero-order valence-corrected chi connectivity index (χ0v) is 11.9. The van der Waals surface area contributed by atoms with Gasteiger partial charge in [0.25, 0.3) is 0 Å². The van der Waals surface area contributed by atoms with Crippen LogP contribution in [-0.2, 0) is 0 Å². The maximum atomic E-state index is 11.4. The van der Waals surface area contributed by atoms with Gasteiger partial charge in [0.05, 0.1) is 11.1 Å². The molecule has 0 atom stereocenters. The first-order valence-electron chi connectivity index (χ1n) is 5.91. The molecule has 0 saturated carbocycles. The molecule has 1 N–H and O–H groups in total. The number of benzene rings is 1. The molecular formula is C15H12N2O2S. The summed E-state index contributed by atoms with van der Waals surface area (Å²) in [5.74, 6) is -1.01. The maximum Gasteiger partial charge on any atom is 0.338 e. The van der Waals surface area contributed by atoms with E-state index >= 15 is 0 Å². The second kappa shape index (κ2) is 5.76. The Bertz CT molecular complexity index is 720. The van der Waals surface area contributed by atoms with E-state index in [1.165, 1.54) is 11.8 Å². The molecule has 100 valence electrons. The molecule has 0 radical (unpaired) electrons. The van der Waals surface area contributed by atoms with Gasteiger partial charge >= 0.3 is 5.97 Å². The van der Waals surface area contributed by atoms with E-state index in [0.29, 0.717) is 21.0 Å². The number of rotatable bonds is 3. The fourth-order valence-corrected chi connectivity index (χ4v) is 3.01. The van der Waals surface area contributed by atoms with E-state index in [4.69, 9.17) is 5.26 Å². The SMILES string of the molecule is Cc1cc(C)c(C(=O)O)c(Sc2ccccc2C#N)n1. The highest BCUT2D eigenvalue weighted by molar-refractivity contribution is 7.99. The van der Waals surface area contributed by atoms with Crippen molar-refractivity contribution in [3.05, 3.63) is 52.7 Å². The van der Waals surface area contributed by atoms with E-state index in [1.807, 2.05) is 13.0 Å². The van der Waals surface area contributed by atoms with Gasteiger partial charge in [0.15, 0.2) is 0 Å². The second-order valence-electron chi connectivity index (χ2n) is 4.28. The number of hydrogen-bond acceptors (Lipinski definition) is 4. The van der Waals surface area contributed by atoms with Crippen molar-refractivity contribution < 1.29 is 9.90 Å². The summed E-state index contributed by atoms with van der Waals surface area (Å²) in [4.78, 5) is 16.4. The zero-order valence-electron chi connectivity index (χ0n) is 11.0. The summed E-state index contributed by atoms with van der Waals surface area (Å²) in [7, 11) is 0. The van der Waals surface area contributed by atoms with Gasteiger partial charge in [-0.15, -0.1) is 0 Å². The topological polar surface area (TPSA) is 74.0 Å². The van der Waals surface area contributed by atoms with Crippen molar-refractivity contribution in [2.45, 2.75) is 23.8 Å². The lowest BCUT2D eigenvalue weighted by Crippen LogP contribution is -2.05. The molecular weight excluding hydrogens is 272 g/mol. The van der Waals surface area contributed by atoms with Crippen molar-refractivity contribution in [1.82, 2.24) is 4.98 Å². The lowest BCUT2D eigenvalue weighted by Gasteiger charge is -2.10. The number of carboxylic acid groups (broad SMARTS) is 1. The van der Waals surface area contributed by atoms with Crippen molar-refractivity contribution in [1.29, 1.82) is 5.26 Å². The normalized spacial score (nSPS) is 10.1. The minimum atomic E-state index is -1.01. The van der Waals surface area contributed by atoms with Gasteiger partial charge in [0.1, 0.15) is 11.1 Å². The highest BCUT2D eigenvalue weighted by Crippen LogP contribution is 2.32. The molecule has 0 fully saturated rings. The van der Waals surface area contributed by atoms with Crippen molar-refractivity contribution in [2.75, 3.05) is 0 Å². The van der Waals surface area contributed by atoms with Crippen molar-refractivity contribution in [3.63, 3.8) is 0 Å². The number of nitrogens with zero attached hydrogens (tertiary/aromatic N) is 2. The molecule has 0 bridgehead atoms. The highest BCUT2D eigenvalue weighted by Gasteiger charge is 2.17. The summed E-state index contributed by atoms with van der Waals surface area (Å²) in [6.45, 7) is 3.57. The van der Waals surface area contributed by atoms with Crippen molar-refractivity contribution in [2.24, 2.45) is 0 Å². The largest absolute Gasteiger partial charge is 0.478 e. The van der Waals surface area contributed by atoms with Crippen LogP contribution in [0.2, 0.25) is 0 Å². The van der Waals surface area contributed by atoms with Gasteiger partial charge in [-0.3, -0.25) is 0 Å². The van der Waals surface area contributed by atoms with E-state index in [9.17, 15) is 9.90 Å². The molecule has 4 nitrogen and oxygen atoms in total. The molecule has 2 rings (SSSR count). The molecule has 0 aliphatic heterocycles. The lowest BCUT2D eigenvalue weighted by atomic mass is 10.1. The third kappa shape index (κ3) is 2.81. The van der Waals surface area contributed by atoms with Crippen LogP contribution in [0.4, 0.5) is 0 Å². The predicted octanol–water partition coefficient (Wildman–Crippen LogP) is 3.42. The first-order chi connectivity index (χ1) is 9.52. The molecule has 1 aromatic heterocycles. The Morgan fingerprint density at radius 1 is 1.35 bits per heavy atom. The molecule has 0 aliphatic rings. The van der Waals surface area contributed by atoms with Gasteiger partial charge in [0.2, 0.25) is 0 Å². The third-order valence-corrected chi connectivity index (χ3v) is 3.80. The number of nitriles is 1. The summed E-state index contributed by atoms with van der Waals surface area (Å²) < 4.78 is 0. The quantitative estimate of drug-likeness (QED) is 0.934. The summed E-state index contributed by atoms with van der Waals surface area (Å²) in [6.07, 6.45) is 0. The summed E-state index contributed by atoms with van der Waals surface area (Å²) in [5, 5.41) is 18.8. The van der Waals surface area contributed by atoms with E-state index < -0.39 is 5.97 Å². The number of pyridine rings is 1. The predicted molar refractivity (Wildman–Crippen MR) is 76.0 cm³/mol. The van der Waals surface area contributed by atoms with Gasteiger partial charge in [0, 0.05) is 10.6 Å². The lowest BCUT2D eigenvalue weighted by molar-refractivity contribution is 0.0691. The van der Waals surface area contributed by atoms with E-state index in [2.05, 4.69) is 11.1 Å². The minimum Gasteiger partial charge on any atom is -0.478 e. The molecule has 0 unspecified atom stereocenters. The Morgan fingerprint density at radius 3 is 2.70 bits per heavy atom. The molecule has 0 amide bonds. The van der Waals surface area contributed by atoms with Crippen LogP contribution in [0.15, 0.2) is 40.3 Å². The Balaban J connectivity index is 2.54. The van der Waals surface area contributed by atoms with Crippen LogP contribution in [0.3, 0.4) is 0 Å². The molecule has 1 aromatic carbocycles. The summed E-state index contributed by atoms with van der Waals surface area (Å²) in [5.41, 5.74) is 2.12.